The fourth-order valence-electron chi connectivity index (χ4n) is 6.14. The Labute approximate surface area is 211 Å². The molecule has 0 aliphatic heterocycles. The van der Waals surface area contributed by atoms with Gasteiger partial charge in [0.25, 0.3) is 5.78 Å². The summed E-state index contributed by atoms with van der Waals surface area (Å²) in [6.07, 6.45) is 10.2. The quantitative estimate of drug-likeness (QED) is 0.434. The molecule has 7 nitrogen and oxygen atoms in total. The Balaban J connectivity index is 1.49. The number of hydrogen-bond acceptors (Lipinski definition) is 5. The van der Waals surface area contributed by atoms with E-state index in [9.17, 15) is 8.78 Å². The van der Waals surface area contributed by atoms with Gasteiger partial charge in [0.2, 0.25) is 5.92 Å². The largest absolute Gasteiger partial charge is 0.375 e. The predicted octanol–water partition coefficient (Wildman–Crippen LogP) is 6.00. The van der Waals surface area contributed by atoms with Gasteiger partial charge >= 0.3 is 0 Å². The van der Waals surface area contributed by atoms with Gasteiger partial charge in [-0.15, -0.1) is 0 Å². The van der Waals surface area contributed by atoms with Crippen LogP contribution >= 0.6 is 0 Å². The predicted molar refractivity (Wildman–Crippen MR) is 136 cm³/mol. The second-order valence-electron chi connectivity index (χ2n) is 10.9. The van der Waals surface area contributed by atoms with Crippen molar-refractivity contribution in [1.82, 2.24) is 34.7 Å². The lowest BCUT2D eigenvalue weighted by Gasteiger charge is -2.34. The van der Waals surface area contributed by atoms with Gasteiger partial charge in [-0.3, -0.25) is 4.68 Å². The molecule has 0 bridgehead atoms. The number of nitrogens with zero attached hydrogens (tertiary/aromatic N) is 6. The lowest BCUT2D eigenvalue weighted by atomic mass is 9.73. The molecule has 0 radical (unpaired) electrons. The van der Waals surface area contributed by atoms with Gasteiger partial charge in [0.05, 0.1) is 40.7 Å². The van der Waals surface area contributed by atoms with Crippen molar-refractivity contribution >= 4 is 11.5 Å². The number of fused-ring (bicyclic) bond motifs is 1. The summed E-state index contributed by atoms with van der Waals surface area (Å²) in [5.41, 5.74) is 4.33. The van der Waals surface area contributed by atoms with E-state index in [0.717, 1.165) is 35.6 Å². The van der Waals surface area contributed by atoms with E-state index in [1.54, 1.807) is 10.7 Å². The molecule has 2 saturated carbocycles. The van der Waals surface area contributed by atoms with Gasteiger partial charge in [0, 0.05) is 31.0 Å². The third-order valence-corrected chi connectivity index (χ3v) is 8.24. The maximum atomic E-state index is 14.0. The Morgan fingerprint density at radius 1 is 1.17 bits per heavy atom. The average molecular weight is 498 g/mol. The SMILES string of the molecule is C=C(NC(c1cn2nc(C)c(C3(C)CCCCC3)nc2n1)C1CCC(F)(F)CC1)c1ccnn1CC. The molecule has 0 aromatic carbocycles. The molecule has 0 spiro atoms. The zero-order valence-corrected chi connectivity index (χ0v) is 21.6. The maximum absolute atomic E-state index is 14.0. The standard InChI is InChI=1S/C27H37F2N7/c1-5-35-22(11-16-30-35)18(2)31-23(20-9-14-27(28,29)15-10-20)21-17-36-25(32-21)33-24(19(3)34-36)26(4)12-7-6-8-13-26/h11,16-17,20,23,31H,2,5-10,12-15H2,1,3-4H3. The molecule has 194 valence electrons. The van der Waals surface area contributed by atoms with E-state index in [2.05, 4.69) is 23.9 Å². The minimum Gasteiger partial charge on any atom is -0.375 e. The van der Waals surface area contributed by atoms with Gasteiger partial charge in [-0.2, -0.15) is 10.2 Å². The van der Waals surface area contributed by atoms with Crippen LogP contribution in [0.4, 0.5) is 8.78 Å². The highest BCUT2D eigenvalue weighted by Crippen LogP contribution is 2.42. The molecule has 9 heteroatoms. The highest BCUT2D eigenvalue weighted by atomic mass is 19.3. The summed E-state index contributed by atoms with van der Waals surface area (Å²) in [4.78, 5) is 9.91. The van der Waals surface area contributed by atoms with Crippen molar-refractivity contribution in [2.24, 2.45) is 5.92 Å². The van der Waals surface area contributed by atoms with Crippen molar-refractivity contribution in [3.63, 3.8) is 0 Å². The van der Waals surface area contributed by atoms with Crippen molar-refractivity contribution in [3.05, 3.63) is 47.8 Å². The summed E-state index contributed by atoms with van der Waals surface area (Å²) in [6, 6.07) is 1.64. The lowest BCUT2D eigenvalue weighted by Crippen LogP contribution is -2.34. The molecular weight excluding hydrogens is 460 g/mol. The first-order valence-corrected chi connectivity index (χ1v) is 13.3. The highest BCUT2D eigenvalue weighted by molar-refractivity contribution is 5.59. The van der Waals surface area contributed by atoms with Crippen LogP contribution in [0.3, 0.4) is 0 Å². The molecule has 3 heterocycles. The number of nitrogens with one attached hydrogen (secondary N) is 1. The Kier molecular flexibility index (Phi) is 6.59. The van der Waals surface area contributed by atoms with Crippen LogP contribution in [0.15, 0.2) is 25.0 Å². The van der Waals surface area contributed by atoms with Crippen LogP contribution in [0.5, 0.6) is 0 Å². The zero-order valence-electron chi connectivity index (χ0n) is 21.6. The fourth-order valence-corrected chi connectivity index (χ4v) is 6.14. The number of hydrogen-bond donors (Lipinski definition) is 1. The summed E-state index contributed by atoms with van der Waals surface area (Å²) in [6.45, 7) is 11.3. The lowest BCUT2D eigenvalue weighted by molar-refractivity contribution is -0.0493. The molecular formula is C27H37F2N7. The van der Waals surface area contributed by atoms with Crippen LogP contribution < -0.4 is 5.32 Å². The third kappa shape index (κ3) is 4.76. The Bertz CT molecular complexity index is 1230. The molecule has 1 atom stereocenters. The van der Waals surface area contributed by atoms with Gasteiger partial charge in [-0.05, 0) is 51.5 Å². The minimum atomic E-state index is -2.59. The van der Waals surface area contributed by atoms with E-state index in [-0.39, 0.29) is 30.2 Å². The minimum absolute atomic E-state index is 0.000661. The first-order chi connectivity index (χ1) is 17.2. The van der Waals surface area contributed by atoms with E-state index >= 15 is 0 Å². The van der Waals surface area contributed by atoms with Crippen molar-refractivity contribution in [1.29, 1.82) is 0 Å². The first kappa shape index (κ1) is 24.8. The number of aryl methyl sites for hydroxylation is 2. The Morgan fingerprint density at radius 3 is 2.58 bits per heavy atom. The van der Waals surface area contributed by atoms with Crippen molar-refractivity contribution in [2.45, 2.75) is 102 Å². The van der Waals surface area contributed by atoms with Crippen LogP contribution in [-0.2, 0) is 12.0 Å². The molecule has 5 rings (SSSR count). The molecule has 36 heavy (non-hydrogen) atoms. The highest BCUT2D eigenvalue weighted by Gasteiger charge is 2.39. The summed E-state index contributed by atoms with van der Waals surface area (Å²) in [5.74, 6) is -2.03. The molecule has 0 saturated heterocycles. The molecule has 2 fully saturated rings. The number of aromatic nitrogens is 6. The number of halogens is 2. The monoisotopic (exact) mass is 497 g/mol. The smallest absolute Gasteiger partial charge is 0.251 e. The molecule has 0 amide bonds. The van der Waals surface area contributed by atoms with E-state index in [1.807, 2.05) is 30.8 Å². The first-order valence-electron chi connectivity index (χ1n) is 13.3. The summed E-state index contributed by atoms with van der Waals surface area (Å²) < 4.78 is 31.6. The van der Waals surface area contributed by atoms with Gasteiger partial charge in [-0.1, -0.05) is 32.8 Å². The molecule has 2 aliphatic carbocycles. The summed E-state index contributed by atoms with van der Waals surface area (Å²) in [5, 5.41) is 12.7. The van der Waals surface area contributed by atoms with E-state index in [4.69, 9.17) is 15.1 Å². The van der Waals surface area contributed by atoms with Gasteiger partial charge in [0.15, 0.2) is 0 Å². The molecule has 3 aromatic rings. The number of alkyl halides is 2. The fraction of sp³-hybridized carbons (Fsp3) is 0.630. The van der Waals surface area contributed by atoms with Crippen LogP contribution in [-0.4, -0.2) is 35.3 Å². The van der Waals surface area contributed by atoms with E-state index in [0.29, 0.717) is 30.9 Å². The second-order valence-corrected chi connectivity index (χ2v) is 10.9. The Hall–Kier alpha value is -2.84. The van der Waals surface area contributed by atoms with Crippen molar-refractivity contribution in [3.8, 4) is 0 Å². The number of imidazole rings is 1. The molecule has 1 unspecified atom stereocenters. The van der Waals surface area contributed by atoms with Crippen LogP contribution in [0.25, 0.3) is 11.5 Å². The second kappa shape index (κ2) is 9.56. The summed E-state index contributed by atoms with van der Waals surface area (Å²) in [7, 11) is 0. The van der Waals surface area contributed by atoms with Gasteiger partial charge < -0.3 is 5.32 Å². The maximum Gasteiger partial charge on any atom is 0.251 e. The average Bonchev–Trinajstić information content (AvgIpc) is 3.49. The zero-order chi connectivity index (χ0) is 25.5. The molecule has 3 aromatic heterocycles. The summed E-state index contributed by atoms with van der Waals surface area (Å²) >= 11 is 0. The van der Waals surface area contributed by atoms with Gasteiger partial charge in [0.1, 0.15) is 0 Å². The van der Waals surface area contributed by atoms with Gasteiger partial charge in [-0.25, -0.2) is 23.3 Å². The third-order valence-electron chi connectivity index (χ3n) is 8.24. The van der Waals surface area contributed by atoms with E-state index < -0.39 is 5.92 Å². The number of rotatable bonds is 7. The Morgan fingerprint density at radius 2 is 1.89 bits per heavy atom. The van der Waals surface area contributed by atoms with Crippen LogP contribution in [0.2, 0.25) is 0 Å². The van der Waals surface area contributed by atoms with Crippen LogP contribution in [0, 0.1) is 12.8 Å². The van der Waals surface area contributed by atoms with Crippen LogP contribution in [0.1, 0.15) is 100 Å². The van der Waals surface area contributed by atoms with Crippen molar-refractivity contribution < 1.29 is 8.78 Å². The molecule has 1 N–H and O–H groups in total. The van der Waals surface area contributed by atoms with Crippen molar-refractivity contribution in [2.75, 3.05) is 0 Å². The van der Waals surface area contributed by atoms with E-state index in [1.165, 1.54) is 19.3 Å². The topological polar surface area (TPSA) is 72.9 Å². The molecule has 2 aliphatic rings. The normalized spacial score (nSPS) is 20.9.